The summed E-state index contributed by atoms with van der Waals surface area (Å²) in [5, 5.41) is 0. The Morgan fingerprint density at radius 3 is 2.42 bits per heavy atom. The van der Waals surface area contributed by atoms with Crippen LogP contribution in [-0.4, -0.2) is 38.1 Å². The second kappa shape index (κ2) is 12.5. The first-order chi connectivity index (χ1) is 9.10. The monoisotopic (exact) mass is 271 g/mol. The average Bonchev–Trinajstić information content (AvgIpc) is 2.38. The van der Waals surface area contributed by atoms with Crippen LogP contribution in [0.1, 0.15) is 65.2 Å². The van der Waals surface area contributed by atoms with Crippen molar-refractivity contribution in [3.63, 3.8) is 0 Å². The zero-order valence-corrected chi connectivity index (χ0v) is 13.4. The minimum absolute atomic E-state index is 0.0141. The minimum atomic E-state index is -0.0141. The molecule has 0 aliphatic rings. The Morgan fingerprint density at radius 2 is 1.84 bits per heavy atom. The van der Waals surface area contributed by atoms with Gasteiger partial charge in [-0.1, -0.05) is 39.5 Å². The van der Waals surface area contributed by atoms with Gasteiger partial charge in [0.1, 0.15) is 0 Å². The molecule has 0 saturated carbocycles. The van der Waals surface area contributed by atoms with Gasteiger partial charge in [-0.15, -0.1) is 0 Å². The fraction of sp³-hybridized carbons (Fsp3) is 0.938. The van der Waals surface area contributed by atoms with Crippen LogP contribution in [0.5, 0.6) is 0 Å². The number of esters is 1. The van der Waals surface area contributed by atoms with Crippen LogP contribution in [-0.2, 0) is 9.53 Å². The molecule has 114 valence electrons. The molecular formula is C16H33NO2. The quantitative estimate of drug-likeness (QED) is 0.398. The molecule has 19 heavy (non-hydrogen) atoms. The molecule has 0 saturated heterocycles. The number of hydrogen-bond acceptors (Lipinski definition) is 3. The lowest BCUT2D eigenvalue weighted by molar-refractivity contribution is -0.145. The Balaban J connectivity index is 3.51. The van der Waals surface area contributed by atoms with Gasteiger partial charge in [0.05, 0.1) is 6.61 Å². The second-order valence-electron chi connectivity index (χ2n) is 5.71. The number of ether oxygens (including phenoxy) is 1. The molecule has 0 amide bonds. The predicted octanol–water partition coefficient (Wildman–Crippen LogP) is 3.87. The van der Waals surface area contributed by atoms with E-state index in [2.05, 4.69) is 32.8 Å². The van der Waals surface area contributed by atoms with E-state index in [1.165, 1.54) is 19.3 Å². The molecule has 0 N–H and O–H groups in total. The third kappa shape index (κ3) is 12.2. The van der Waals surface area contributed by atoms with Gasteiger partial charge in [0.15, 0.2) is 0 Å². The molecule has 0 aliphatic carbocycles. The fourth-order valence-corrected chi connectivity index (χ4v) is 2.06. The van der Waals surface area contributed by atoms with Crippen molar-refractivity contribution >= 4 is 5.97 Å². The lowest BCUT2D eigenvalue weighted by atomic mass is 10.0. The van der Waals surface area contributed by atoms with Gasteiger partial charge in [-0.2, -0.15) is 0 Å². The van der Waals surface area contributed by atoms with E-state index in [-0.39, 0.29) is 5.97 Å². The largest absolute Gasteiger partial charge is 0.465 e. The molecule has 0 aromatic carbocycles. The normalized spacial score (nSPS) is 12.7. The van der Waals surface area contributed by atoms with Crippen LogP contribution in [0.3, 0.4) is 0 Å². The Bertz CT molecular complexity index is 217. The second-order valence-corrected chi connectivity index (χ2v) is 5.71. The van der Waals surface area contributed by atoms with Gasteiger partial charge in [0, 0.05) is 6.42 Å². The van der Waals surface area contributed by atoms with Gasteiger partial charge >= 0.3 is 5.97 Å². The Labute approximate surface area is 119 Å². The van der Waals surface area contributed by atoms with E-state index in [4.69, 9.17) is 4.74 Å². The summed E-state index contributed by atoms with van der Waals surface area (Å²) in [5.41, 5.74) is 0. The number of unbranched alkanes of at least 4 members (excludes halogenated alkanes) is 3. The van der Waals surface area contributed by atoms with Crippen molar-refractivity contribution in [3.05, 3.63) is 0 Å². The lowest BCUT2D eigenvalue weighted by Gasteiger charge is -2.14. The highest BCUT2D eigenvalue weighted by Crippen LogP contribution is 2.13. The molecule has 0 bridgehead atoms. The molecular weight excluding hydrogens is 238 g/mol. The van der Waals surface area contributed by atoms with Crippen LogP contribution in [0.2, 0.25) is 0 Å². The highest BCUT2D eigenvalue weighted by atomic mass is 16.5. The predicted molar refractivity (Wildman–Crippen MR) is 81.3 cm³/mol. The molecule has 0 aliphatic heterocycles. The van der Waals surface area contributed by atoms with Crippen LogP contribution in [0.4, 0.5) is 0 Å². The highest BCUT2D eigenvalue weighted by molar-refractivity contribution is 5.69. The molecule has 3 nitrogen and oxygen atoms in total. The van der Waals surface area contributed by atoms with E-state index >= 15 is 0 Å². The van der Waals surface area contributed by atoms with Crippen LogP contribution in [0.25, 0.3) is 0 Å². The Kier molecular flexibility index (Phi) is 12.1. The first kappa shape index (κ1) is 18.4. The molecule has 0 aromatic rings. The topological polar surface area (TPSA) is 29.5 Å². The minimum Gasteiger partial charge on any atom is -0.465 e. The number of nitrogens with zero attached hydrogens (tertiary/aromatic N) is 1. The Hall–Kier alpha value is -0.570. The van der Waals surface area contributed by atoms with Crippen LogP contribution in [0, 0.1) is 5.92 Å². The summed E-state index contributed by atoms with van der Waals surface area (Å²) >= 11 is 0. The van der Waals surface area contributed by atoms with Gasteiger partial charge in [0.25, 0.3) is 0 Å². The van der Waals surface area contributed by atoms with E-state index < -0.39 is 0 Å². The molecule has 0 aromatic heterocycles. The molecule has 0 fully saturated rings. The van der Waals surface area contributed by atoms with Crippen molar-refractivity contribution in [3.8, 4) is 0 Å². The summed E-state index contributed by atoms with van der Waals surface area (Å²) in [6.07, 6.45) is 8.56. The van der Waals surface area contributed by atoms with Gasteiger partial charge in [-0.25, -0.2) is 0 Å². The zero-order chi connectivity index (χ0) is 14.5. The molecule has 0 spiro atoms. The number of carbonyl (C=O) groups is 1. The van der Waals surface area contributed by atoms with Crippen molar-refractivity contribution in [1.29, 1.82) is 0 Å². The molecule has 3 heteroatoms. The standard InChI is InChI=1S/C16H33NO2/c1-5-7-11-15(6-2)14-19-16(18)12-9-8-10-13-17(3)4/h15H,5-14H2,1-4H3. The Morgan fingerprint density at radius 1 is 1.11 bits per heavy atom. The fourth-order valence-electron chi connectivity index (χ4n) is 2.06. The average molecular weight is 271 g/mol. The molecule has 1 unspecified atom stereocenters. The van der Waals surface area contributed by atoms with E-state index in [1.807, 2.05) is 0 Å². The maximum Gasteiger partial charge on any atom is 0.305 e. The van der Waals surface area contributed by atoms with Crippen molar-refractivity contribution in [2.45, 2.75) is 65.2 Å². The number of carbonyl (C=O) groups excluding carboxylic acids is 1. The third-order valence-corrected chi connectivity index (χ3v) is 3.51. The summed E-state index contributed by atoms with van der Waals surface area (Å²) in [5.74, 6) is 0.539. The summed E-state index contributed by atoms with van der Waals surface area (Å²) in [7, 11) is 4.16. The number of rotatable bonds is 12. The smallest absolute Gasteiger partial charge is 0.305 e. The van der Waals surface area contributed by atoms with E-state index in [0.29, 0.717) is 18.9 Å². The maximum atomic E-state index is 11.6. The molecule has 0 heterocycles. The van der Waals surface area contributed by atoms with Gasteiger partial charge in [-0.3, -0.25) is 4.79 Å². The van der Waals surface area contributed by atoms with E-state index in [1.54, 1.807) is 0 Å². The van der Waals surface area contributed by atoms with Gasteiger partial charge in [0.2, 0.25) is 0 Å². The van der Waals surface area contributed by atoms with Crippen molar-refractivity contribution < 1.29 is 9.53 Å². The highest BCUT2D eigenvalue weighted by Gasteiger charge is 2.09. The lowest BCUT2D eigenvalue weighted by Crippen LogP contribution is -2.14. The van der Waals surface area contributed by atoms with Crippen LogP contribution >= 0.6 is 0 Å². The summed E-state index contributed by atoms with van der Waals surface area (Å²) in [6.45, 7) is 6.10. The van der Waals surface area contributed by atoms with Gasteiger partial charge in [-0.05, 0) is 45.8 Å². The third-order valence-electron chi connectivity index (χ3n) is 3.51. The van der Waals surface area contributed by atoms with Crippen molar-refractivity contribution in [1.82, 2.24) is 4.90 Å². The van der Waals surface area contributed by atoms with Crippen LogP contribution < -0.4 is 0 Å². The molecule has 0 rings (SSSR count). The molecule has 1 atom stereocenters. The van der Waals surface area contributed by atoms with Crippen molar-refractivity contribution in [2.75, 3.05) is 27.2 Å². The molecule has 0 radical (unpaired) electrons. The summed E-state index contributed by atoms with van der Waals surface area (Å²) in [4.78, 5) is 13.8. The summed E-state index contributed by atoms with van der Waals surface area (Å²) in [6, 6.07) is 0. The maximum absolute atomic E-state index is 11.6. The zero-order valence-electron chi connectivity index (χ0n) is 13.4. The number of hydrogen-bond donors (Lipinski definition) is 0. The first-order valence-corrected chi connectivity index (χ1v) is 7.90. The van der Waals surface area contributed by atoms with E-state index in [0.717, 1.165) is 32.2 Å². The van der Waals surface area contributed by atoms with Crippen molar-refractivity contribution in [2.24, 2.45) is 5.92 Å². The summed E-state index contributed by atoms with van der Waals surface area (Å²) < 4.78 is 5.37. The van der Waals surface area contributed by atoms with Crippen LogP contribution in [0.15, 0.2) is 0 Å². The SMILES string of the molecule is CCCCC(CC)COC(=O)CCCCCN(C)C. The van der Waals surface area contributed by atoms with E-state index in [9.17, 15) is 4.79 Å². The van der Waals surface area contributed by atoms with Gasteiger partial charge < -0.3 is 9.64 Å². The first-order valence-electron chi connectivity index (χ1n) is 7.90.